The average molecular weight is 349 g/mol. The number of furan rings is 1. The first-order chi connectivity index (χ1) is 12.7. The molecule has 1 aliphatic rings. The van der Waals surface area contributed by atoms with Gasteiger partial charge in [0.1, 0.15) is 17.1 Å². The summed E-state index contributed by atoms with van der Waals surface area (Å²) in [5.41, 5.74) is 4.24. The number of fused-ring (bicyclic) bond motifs is 3. The molecule has 2 aromatic carbocycles. The van der Waals surface area contributed by atoms with Crippen LogP contribution in [-0.4, -0.2) is 12.5 Å². The maximum absolute atomic E-state index is 12.1. The fourth-order valence-corrected chi connectivity index (χ4v) is 3.50. The Balaban J connectivity index is 1.41. The number of hydrogen-bond donors (Lipinski definition) is 1. The van der Waals surface area contributed by atoms with Gasteiger partial charge in [0.25, 0.3) is 5.91 Å². The van der Waals surface area contributed by atoms with E-state index in [0.717, 1.165) is 41.7 Å². The number of anilines is 1. The van der Waals surface area contributed by atoms with E-state index in [1.54, 1.807) is 0 Å². The Labute approximate surface area is 153 Å². The number of benzene rings is 2. The molecule has 0 fully saturated rings. The van der Waals surface area contributed by atoms with Crippen molar-refractivity contribution in [2.45, 2.75) is 39.0 Å². The fourth-order valence-electron chi connectivity index (χ4n) is 3.50. The molecule has 0 aliphatic heterocycles. The minimum Gasteiger partial charge on any atom is -0.484 e. The topological polar surface area (TPSA) is 51.5 Å². The van der Waals surface area contributed by atoms with Gasteiger partial charge in [-0.1, -0.05) is 19.1 Å². The lowest BCUT2D eigenvalue weighted by atomic mass is 9.96. The van der Waals surface area contributed by atoms with Gasteiger partial charge in [0, 0.05) is 23.1 Å². The maximum atomic E-state index is 12.1. The molecule has 1 aromatic heterocycles. The molecule has 1 aliphatic carbocycles. The van der Waals surface area contributed by atoms with Crippen LogP contribution in [0.3, 0.4) is 0 Å². The summed E-state index contributed by atoms with van der Waals surface area (Å²) in [6.07, 6.45) is 5.44. The van der Waals surface area contributed by atoms with E-state index in [-0.39, 0.29) is 12.5 Å². The molecule has 4 rings (SSSR count). The van der Waals surface area contributed by atoms with Crippen LogP contribution in [0.5, 0.6) is 5.75 Å². The van der Waals surface area contributed by atoms with Gasteiger partial charge in [0.2, 0.25) is 0 Å². The molecule has 1 heterocycles. The molecule has 26 heavy (non-hydrogen) atoms. The van der Waals surface area contributed by atoms with Crippen molar-refractivity contribution >= 4 is 22.6 Å². The summed E-state index contributed by atoms with van der Waals surface area (Å²) in [4.78, 5) is 12.1. The second kappa shape index (κ2) is 7.24. The normalized spacial score (nSPS) is 13.4. The van der Waals surface area contributed by atoms with Crippen LogP contribution >= 0.6 is 0 Å². The van der Waals surface area contributed by atoms with Crippen molar-refractivity contribution in [3.8, 4) is 5.75 Å². The molecule has 4 nitrogen and oxygen atoms in total. The molecule has 0 unspecified atom stereocenters. The van der Waals surface area contributed by atoms with Crippen molar-refractivity contribution in [2.75, 3.05) is 11.9 Å². The predicted molar refractivity (Wildman–Crippen MR) is 103 cm³/mol. The van der Waals surface area contributed by atoms with Crippen molar-refractivity contribution in [1.82, 2.24) is 0 Å². The van der Waals surface area contributed by atoms with Gasteiger partial charge in [-0.15, -0.1) is 0 Å². The minimum absolute atomic E-state index is 0.0128. The smallest absolute Gasteiger partial charge is 0.262 e. The van der Waals surface area contributed by atoms with Gasteiger partial charge < -0.3 is 14.5 Å². The lowest BCUT2D eigenvalue weighted by molar-refractivity contribution is -0.118. The monoisotopic (exact) mass is 349 g/mol. The standard InChI is InChI=1S/C22H23NO3/c1-2-15-7-9-16(10-8-15)23-22(24)14-25-17-11-12-21-19(13-17)18-5-3-4-6-20(18)26-21/h7-13H,2-6,14H2,1H3,(H,23,24). The summed E-state index contributed by atoms with van der Waals surface area (Å²) < 4.78 is 11.6. The first-order valence-corrected chi connectivity index (χ1v) is 9.29. The highest BCUT2D eigenvalue weighted by Crippen LogP contribution is 2.33. The zero-order chi connectivity index (χ0) is 17.9. The Morgan fingerprint density at radius 2 is 1.92 bits per heavy atom. The molecule has 0 saturated carbocycles. The molecule has 3 aromatic rings. The lowest BCUT2D eigenvalue weighted by Gasteiger charge is -2.10. The summed E-state index contributed by atoms with van der Waals surface area (Å²) >= 11 is 0. The second-order valence-corrected chi connectivity index (χ2v) is 6.76. The van der Waals surface area contributed by atoms with Crippen LogP contribution in [0.15, 0.2) is 46.9 Å². The van der Waals surface area contributed by atoms with Crippen molar-refractivity contribution in [3.63, 3.8) is 0 Å². The zero-order valence-corrected chi connectivity index (χ0v) is 15.0. The van der Waals surface area contributed by atoms with E-state index in [1.807, 2.05) is 42.5 Å². The largest absolute Gasteiger partial charge is 0.484 e. The van der Waals surface area contributed by atoms with E-state index < -0.39 is 0 Å². The number of ether oxygens (including phenoxy) is 1. The first kappa shape index (κ1) is 16.7. The number of amides is 1. The number of carbonyl (C=O) groups excluding carboxylic acids is 1. The Morgan fingerprint density at radius 3 is 2.73 bits per heavy atom. The van der Waals surface area contributed by atoms with Gasteiger partial charge in [0.05, 0.1) is 0 Å². The summed E-state index contributed by atoms with van der Waals surface area (Å²) in [6.45, 7) is 2.09. The van der Waals surface area contributed by atoms with Crippen LogP contribution in [-0.2, 0) is 24.1 Å². The molecule has 0 radical (unpaired) electrons. The van der Waals surface area contributed by atoms with Gasteiger partial charge in [-0.3, -0.25) is 4.79 Å². The highest BCUT2D eigenvalue weighted by Gasteiger charge is 2.18. The zero-order valence-electron chi connectivity index (χ0n) is 15.0. The summed E-state index contributed by atoms with van der Waals surface area (Å²) in [6, 6.07) is 13.7. The third kappa shape index (κ3) is 3.45. The lowest BCUT2D eigenvalue weighted by Crippen LogP contribution is -2.20. The average Bonchev–Trinajstić information content (AvgIpc) is 3.05. The van der Waals surface area contributed by atoms with Crippen molar-refractivity contribution in [3.05, 3.63) is 59.4 Å². The molecule has 0 saturated heterocycles. The van der Waals surface area contributed by atoms with Crippen LogP contribution < -0.4 is 10.1 Å². The van der Waals surface area contributed by atoms with Gasteiger partial charge in [0.15, 0.2) is 6.61 Å². The number of hydrogen-bond acceptors (Lipinski definition) is 3. The molecule has 134 valence electrons. The highest BCUT2D eigenvalue weighted by molar-refractivity contribution is 5.92. The SMILES string of the molecule is CCc1ccc(NC(=O)COc2ccc3oc4c(c3c2)CCCC4)cc1. The third-order valence-corrected chi connectivity index (χ3v) is 4.94. The van der Waals surface area contributed by atoms with E-state index in [4.69, 9.17) is 9.15 Å². The quantitative estimate of drug-likeness (QED) is 0.713. The highest BCUT2D eigenvalue weighted by atomic mass is 16.5. The number of carbonyl (C=O) groups is 1. The number of rotatable bonds is 5. The van der Waals surface area contributed by atoms with Crippen LogP contribution in [0.2, 0.25) is 0 Å². The maximum Gasteiger partial charge on any atom is 0.262 e. The molecule has 1 amide bonds. The van der Waals surface area contributed by atoms with Gasteiger partial charge in [-0.05, 0) is 61.6 Å². The molecular formula is C22H23NO3. The van der Waals surface area contributed by atoms with Crippen LogP contribution in [0.4, 0.5) is 5.69 Å². The van der Waals surface area contributed by atoms with Gasteiger partial charge in [-0.2, -0.15) is 0 Å². The number of nitrogens with one attached hydrogen (secondary N) is 1. The predicted octanol–water partition coefficient (Wildman–Crippen LogP) is 4.89. The van der Waals surface area contributed by atoms with Crippen molar-refractivity contribution < 1.29 is 13.9 Å². The molecule has 1 N–H and O–H groups in total. The van der Waals surface area contributed by atoms with Gasteiger partial charge in [-0.25, -0.2) is 0 Å². The molecule has 0 bridgehead atoms. The second-order valence-electron chi connectivity index (χ2n) is 6.76. The Bertz CT molecular complexity index is 924. The summed E-state index contributed by atoms with van der Waals surface area (Å²) in [5, 5.41) is 3.98. The van der Waals surface area contributed by atoms with E-state index in [1.165, 1.54) is 24.0 Å². The first-order valence-electron chi connectivity index (χ1n) is 9.29. The van der Waals surface area contributed by atoms with E-state index in [0.29, 0.717) is 5.75 Å². The van der Waals surface area contributed by atoms with Crippen molar-refractivity contribution in [2.24, 2.45) is 0 Å². The summed E-state index contributed by atoms with van der Waals surface area (Å²) in [7, 11) is 0. The van der Waals surface area contributed by atoms with Gasteiger partial charge >= 0.3 is 0 Å². The summed E-state index contributed by atoms with van der Waals surface area (Å²) in [5.74, 6) is 1.64. The Morgan fingerprint density at radius 1 is 1.12 bits per heavy atom. The molecule has 0 atom stereocenters. The number of aryl methyl sites for hydroxylation is 3. The molecule has 4 heteroatoms. The van der Waals surface area contributed by atoms with Crippen LogP contribution in [0.25, 0.3) is 11.0 Å². The third-order valence-electron chi connectivity index (χ3n) is 4.94. The van der Waals surface area contributed by atoms with E-state index in [9.17, 15) is 4.79 Å². The van der Waals surface area contributed by atoms with E-state index >= 15 is 0 Å². The molecular weight excluding hydrogens is 326 g/mol. The Hall–Kier alpha value is -2.75. The van der Waals surface area contributed by atoms with Crippen LogP contribution in [0.1, 0.15) is 36.7 Å². The van der Waals surface area contributed by atoms with Crippen molar-refractivity contribution in [1.29, 1.82) is 0 Å². The minimum atomic E-state index is -0.163. The van der Waals surface area contributed by atoms with Crippen LogP contribution in [0, 0.1) is 0 Å². The Kier molecular flexibility index (Phi) is 4.65. The van der Waals surface area contributed by atoms with E-state index in [2.05, 4.69) is 12.2 Å². The molecule has 0 spiro atoms. The fraction of sp³-hybridized carbons (Fsp3) is 0.318.